The normalized spacial score (nSPS) is 11.7. The van der Waals surface area contributed by atoms with E-state index in [9.17, 15) is 9.59 Å². The van der Waals surface area contributed by atoms with Crippen LogP contribution >= 0.6 is 31.9 Å². The summed E-state index contributed by atoms with van der Waals surface area (Å²) >= 11 is 7.07. The van der Waals surface area contributed by atoms with E-state index in [1.165, 1.54) is 5.56 Å². The standard InChI is InChI=1S/C29H32Br2N2O3/c1-4-32-29(35)26(16-21-9-6-5-7-10-21)33(18-22-11-8-12-24(30)15-22)28(34)19-36-27-14-13-23(20(2)3)17-25(27)31/h5-15,17,20,26H,4,16,18-19H2,1-3H3,(H,32,35)/t26-/m0/s1. The average Bonchev–Trinajstić information content (AvgIpc) is 2.86. The van der Waals surface area contributed by atoms with Crippen molar-refractivity contribution in [1.29, 1.82) is 0 Å². The minimum atomic E-state index is -0.686. The highest BCUT2D eigenvalue weighted by Gasteiger charge is 2.30. The van der Waals surface area contributed by atoms with E-state index in [4.69, 9.17) is 4.74 Å². The van der Waals surface area contributed by atoms with Crippen molar-refractivity contribution >= 4 is 43.7 Å². The molecule has 0 aromatic heterocycles. The molecule has 0 radical (unpaired) electrons. The summed E-state index contributed by atoms with van der Waals surface area (Å²) in [7, 11) is 0. The monoisotopic (exact) mass is 614 g/mol. The molecule has 1 atom stereocenters. The topological polar surface area (TPSA) is 58.6 Å². The van der Waals surface area contributed by atoms with Gasteiger partial charge in [0.15, 0.2) is 6.61 Å². The summed E-state index contributed by atoms with van der Waals surface area (Å²) in [5.74, 6) is 0.524. The number of carbonyl (C=O) groups excluding carboxylic acids is 2. The van der Waals surface area contributed by atoms with Crippen molar-refractivity contribution in [1.82, 2.24) is 10.2 Å². The van der Waals surface area contributed by atoms with Crippen molar-refractivity contribution in [3.05, 3.63) is 98.4 Å². The van der Waals surface area contributed by atoms with Crippen LogP contribution in [0.15, 0.2) is 81.7 Å². The van der Waals surface area contributed by atoms with Gasteiger partial charge in [-0.1, -0.05) is 78.3 Å². The Kier molecular flexibility index (Phi) is 10.6. The molecule has 0 heterocycles. The Balaban J connectivity index is 1.88. The molecule has 1 N–H and O–H groups in total. The fourth-order valence-corrected chi connectivity index (χ4v) is 4.85. The van der Waals surface area contributed by atoms with E-state index in [1.807, 2.05) is 79.7 Å². The molecule has 7 heteroatoms. The Bertz CT molecular complexity index is 1170. The minimum absolute atomic E-state index is 0.182. The van der Waals surface area contributed by atoms with Gasteiger partial charge in [0.05, 0.1) is 4.47 Å². The van der Waals surface area contributed by atoms with E-state index in [2.05, 4.69) is 51.0 Å². The van der Waals surface area contributed by atoms with Gasteiger partial charge in [0, 0.05) is 24.0 Å². The number of rotatable bonds is 11. The lowest BCUT2D eigenvalue weighted by molar-refractivity contribution is -0.142. The molecule has 0 saturated heterocycles. The summed E-state index contributed by atoms with van der Waals surface area (Å²) < 4.78 is 7.65. The first-order chi connectivity index (χ1) is 17.3. The summed E-state index contributed by atoms with van der Waals surface area (Å²) in [4.78, 5) is 28.5. The van der Waals surface area contributed by atoms with Crippen LogP contribution in [0.25, 0.3) is 0 Å². The molecule has 0 aliphatic heterocycles. The second-order valence-electron chi connectivity index (χ2n) is 8.88. The Morgan fingerprint density at radius 3 is 2.31 bits per heavy atom. The van der Waals surface area contributed by atoms with Crippen LogP contribution in [0.5, 0.6) is 5.75 Å². The zero-order valence-electron chi connectivity index (χ0n) is 20.8. The van der Waals surface area contributed by atoms with E-state index in [0.29, 0.717) is 24.6 Å². The molecular formula is C29H32Br2N2O3. The Hall–Kier alpha value is -2.64. The van der Waals surface area contributed by atoms with Crippen LogP contribution in [-0.2, 0) is 22.6 Å². The maximum absolute atomic E-state index is 13.6. The molecule has 0 aliphatic rings. The van der Waals surface area contributed by atoms with Gasteiger partial charge in [-0.15, -0.1) is 0 Å². The lowest BCUT2D eigenvalue weighted by Gasteiger charge is -2.31. The molecule has 36 heavy (non-hydrogen) atoms. The Morgan fingerprint density at radius 2 is 1.67 bits per heavy atom. The molecule has 2 amide bonds. The summed E-state index contributed by atoms with van der Waals surface area (Å²) in [5, 5.41) is 2.91. The van der Waals surface area contributed by atoms with Crippen LogP contribution in [0.3, 0.4) is 0 Å². The number of halogens is 2. The van der Waals surface area contributed by atoms with Crippen molar-refractivity contribution in [3.63, 3.8) is 0 Å². The van der Waals surface area contributed by atoms with Gasteiger partial charge in [-0.25, -0.2) is 0 Å². The van der Waals surface area contributed by atoms with Crippen LogP contribution in [0.4, 0.5) is 0 Å². The van der Waals surface area contributed by atoms with Gasteiger partial charge in [-0.05, 0) is 69.7 Å². The first kappa shape index (κ1) is 27.9. The number of nitrogens with one attached hydrogen (secondary N) is 1. The van der Waals surface area contributed by atoms with E-state index in [1.54, 1.807) is 4.90 Å². The third kappa shape index (κ3) is 7.93. The van der Waals surface area contributed by atoms with Crippen LogP contribution in [0.2, 0.25) is 0 Å². The largest absolute Gasteiger partial charge is 0.483 e. The van der Waals surface area contributed by atoms with Crippen LogP contribution < -0.4 is 10.1 Å². The SMILES string of the molecule is CCNC(=O)[C@H](Cc1ccccc1)N(Cc1cccc(Br)c1)C(=O)COc1ccc(C(C)C)cc1Br. The summed E-state index contributed by atoms with van der Waals surface area (Å²) in [6, 6.07) is 22.7. The van der Waals surface area contributed by atoms with E-state index < -0.39 is 6.04 Å². The lowest BCUT2D eigenvalue weighted by Crippen LogP contribution is -2.51. The fourth-order valence-electron chi connectivity index (χ4n) is 3.89. The van der Waals surface area contributed by atoms with Crippen LogP contribution in [-0.4, -0.2) is 35.9 Å². The van der Waals surface area contributed by atoms with Gasteiger partial charge in [-0.2, -0.15) is 0 Å². The molecular weight excluding hydrogens is 584 g/mol. The highest BCUT2D eigenvalue weighted by atomic mass is 79.9. The zero-order chi connectivity index (χ0) is 26.1. The predicted molar refractivity (Wildman–Crippen MR) is 151 cm³/mol. The van der Waals surface area contributed by atoms with E-state index in [-0.39, 0.29) is 25.0 Å². The number of amides is 2. The number of likely N-dealkylation sites (N-methyl/N-ethyl adjacent to an activating group) is 1. The number of hydrogen-bond acceptors (Lipinski definition) is 3. The van der Waals surface area contributed by atoms with Crippen LogP contribution in [0.1, 0.15) is 43.4 Å². The van der Waals surface area contributed by atoms with Crippen molar-refractivity contribution in [3.8, 4) is 5.75 Å². The first-order valence-corrected chi connectivity index (χ1v) is 13.6. The third-order valence-corrected chi connectivity index (χ3v) is 6.95. The molecule has 0 bridgehead atoms. The van der Waals surface area contributed by atoms with Gasteiger partial charge in [0.1, 0.15) is 11.8 Å². The maximum Gasteiger partial charge on any atom is 0.261 e. The summed E-state index contributed by atoms with van der Waals surface area (Å²) in [6.07, 6.45) is 0.402. The van der Waals surface area contributed by atoms with Gasteiger partial charge in [0.2, 0.25) is 5.91 Å². The minimum Gasteiger partial charge on any atom is -0.483 e. The predicted octanol–water partition coefficient (Wildman–Crippen LogP) is 6.49. The zero-order valence-corrected chi connectivity index (χ0v) is 24.0. The number of nitrogens with zero attached hydrogens (tertiary/aromatic N) is 1. The van der Waals surface area contributed by atoms with Crippen molar-refractivity contribution in [2.75, 3.05) is 13.2 Å². The van der Waals surface area contributed by atoms with Gasteiger partial charge in [0.25, 0.3) is 5.91 Å². The molecule has 190 valence electrons. The van der Waals surface area contributed by atoms with Gasteiger partial charge < -0.3 is 15.0 Å². The van der Waals surface area contributed by atoms with E-state index >= 15 is 0 Å². The third-order valence-electron chi connectivity index (χ3n) is 5.84. The Morgan fingerprint density at radius 1 is 0.944 bits per heavy atom. The smallest absolute Gasteiger partial charge is 0.261 e. The second kappa shape index (κ2) is 13.6. The number of hydrogen-bond donors (Lipinski definition) is 1. The number of ether oxygens (including phenoxy) is 1. The Labute approximate surface area is 230 Å². The number of benzene rings is 3. The van der Waals surface area contributed by atoms with Crippen molar-refractivity contribution < 1.29 is 14.3 Å². The first-order valence-electron chi connectivity index (χ1n) is 12.1. The highest BCUT2D eigenvalue weighted by Crippen LogP contribution is 2.29. The van der Waals surface area contributed by atoms with Crippen LogP contribution in [0, 0.1) is 0 Å². The maximum atomic E-state index is 13.6. The molecule has 0 fully saturated rings. The van der Waals surface area contributed by atoms with Crippen molar-refractivity contribution in [2.45, 2.75) is 45.7 Å². The molecule has 0 spiro atoms. The molecule has 3 aromatic rings. The lowest BCUT2D eigenvalue weighted by atomic mass is 10.0. The summed E-state index contributed by atoms with van der Waals surface area (Å²) in [5.41, 5.74) is 3.08. The summed E-state index contributed by atoms with van der Waals surface area (Å²) in [6.45, 7) is 6.70. The highest BCUT2D eigenvalue weighted by molar-refractivity contribution is 9.10. The molecule has 3 rings (SSSR count). The molecule has 0 unspecified atom stereocenters. The number of carbonyl (C=O) groups is 2. The molecule has 3 aromatic carbocycles. The average molecular weight is 616 g/mol. The molecule has 0 saturated carbocycles. The quantitative estimate of drug-likeness (QED) is 0.268. The second-order valence-corrected chi connectivity index (χ2v) is 10.7. The van der Waals surface area contributed by atoms with E-state index in [0.717, 1.165) is 20.1 Å². The molecule has 5 nitrogen and oxygen atoms in total. The van der Waals surface area contributed by atoms with Gasteiger partial charge >= 0.3 is 0 Å². The fraction of sp³-hybridized carbons (Fsp3) is 0.310. The van der Waals surface area contributed by atoms with Gasteiger partial charge in [-0.3, -0.25) is 9.59 Å². The van der Waals surface area contributed by atoms with Crippen molar-refractivity contribution in [2.24, 2.45) is 0 Å². The molecule has 0 aliphatic carbocycles.